The third-order valence-electron chi connectivity index (χ3n) is 4.49. The summed E-state index contributed by atoms with van der Waals surface area (Å²) in [6.45, 7) is 3.40. The summed E-state index contributed by atoms with van der Waals surface area (Å²) < 4.78 is 0. The molecule has 0 atom stereocenters. The van der Waals surface area contributed by atoms with Gasteiger partial charge in [-0.3, -0.25) is 9.78 Å². The number of nitrogens with zero attached hydrogens (tertiary/aromatic N) is 3. The van der Waals surface area contributed by atoms with Gasteiger partial charge in [0.15, 0.2) is 0 Å². The van der Waals surface area contributed by atoms with Crippen LogP contribution in [0.25, 0.3) is 11.3 Å². The Balaban J connectivity index is 1.66. The number of nitrogen functional groups attached to an aromatic ring is 1. The van der Waals surface area contributed by atoms with Crippen molar-refractivity contribution in [3.05, 3.63) is 42.2 Å². The van der Waals surface area contributed by atoms with Gasteiger partial charge in [0.05, 0.1) is 5.69 Å². The third kappa shape index (κ3) is 3.86. The number of anilines is 1. The Bertz CT molecular complexity index is 676. The van der Waals surface area contributed by atoms with Gasteiger partial charge in [-0.25, -0.2) is 4.98 Å². The minimum absolute atomic E-state index is 0.186. The summed E-state index contributed by atoms with van der Waals surface area (Å²) in [4.78, 5) is 21.9. The molecule has 120 valence electrons. The van der Waals surface area contributed by atoms with Gasteiger partial charge < -0.3 is 10.6 Å². The first kappa shape index (κ1) is 15.5. The van der Waals surface area contributed by atoms with Crippen LogP contribution in [0.5, 0.6) is 0 Å². The van der Waals surface area contributed by atoms with Crippen LogP contribution in [0.1, 0.15) is 25.3 Å². The molecular weight excluding hydrogens is 288 g/mol. The Kier molecular flexibility index (Phi) is 4.55. The largest absolute Gasteiger partial charge is 0.384 e. The monoisotopic (exact) mass is 310 g/mol. The lowest BCUT2D eigenvalue weighted by Gasteiger charge is -2.31. The van der Waals surface area contributed by atoms with E-state index >= 15 is 0 Å². The van der Waals surface area contributed by atoms with Gasteiger partial charge in [-0.05, 0) is 55.0 Å². The van der Waals surface area contributed by atoms with E-state index in [0.29, 0.717) is 11.7 Å². The zero-order valence-corrected chi connectivity index (χ0v) is 13.4. The summed E-state index contributed by atoms with van der Waals surface area (Å²) in [7, 11) is 0. The molecule has 1 saturated heterocycles. The quantitative estimate of drug-likeness (QED) is 0.945. The summed E-state index contributed by atoms with van der Waals surface area (Å²) in [5, 5.41) is 0. The van der Waals surface area contributed by atoms with Crippen LogP contribution in [0.2, 0.25) is 0 Å². The zero-order chi connectivity index (χ0) is 16.2. The maximum Gasteiger partial charge on any atom is 0.219 e. The number of carbonyl (C=O) groups excluding carboxylic acids is 1. The predicted octanol–water partition coefficient (Wildman–Crippen LogP) is 2.53. The summed E-state index contributed by atoms with van der Waals surface area (Å²) in [6.07, 6.45) is 6.78. The van der Waals surface area contributed by atoms with E-state index in [1.54, 1.807) is 19.2 Å². The van der Waals surface area contributed by atoms with Crippen molar-refractivity contribution in [1.29, 1.82) is 0 Å². The fourth-order valence-corrected chi connectivity index (χ4v) is 3.10. The van der Waals surface area contributed by atoms with Crippen molar-refractivity contribution in [2.24, 2.45) is 5.92 Å². The fraction of sp³-hybridized carbons (Fsp3) is 0.389. The van der Waals surface area contributed by atoms with Gasteiger partial charge in [0.2, 0.25) is 5.91 Å². The summed E-state index contributed by atoms with van der Waals surface area (Å²) >= 11 is 0. The molecule has 0 spiro atoms. The van der Waals surface area contributed by atoms with Crippen molar-refractivity contribution in [2.45, 2.75) is 26.2 Å². The Morgan fingerprint density at radius 2 is 2.04 bits per heavy atom. The summed E-state index contributed by atoms with van der Waals surface area (Å²) in [6, 6.07) is 7.94. The molecule has 0 radical (unpaired) electrons. The van der Waals surface area contributed by atoms with Crippen LogP contribution >= 0.6 is 0 Å². The molecule has 0 saturated carbocycles. The summed E-state index contributed by atoms with van der Waals surface area (Å²) in [5.41, 5.74) is 8.82. The first-order valence-electron chi connectivity index (χ1n) is 8.04. The molecule has 1 fully saturated rings. The average molecular weight is 310 g/mol. The zero-order valence-electron chi connectivity index (χ0n) is 13.4. The molecule has 1 aliphatic rings. The topological polar surface area (TPSA) is 72.1 Å². The van der Waals surface area contributed by atoms with Gasteiger partial charge >= 0.3 is 0 Å². The van der Waals surface area contributed by atoms with Crippen LogP contribution in [0, 0.1) is 5.92 Å². The molecular formula is C18H22N4O. The van der Waals surface area contributed by atoms with E-state index in [9.17, 15) is 4.79 Å². The molecule has 5 nitrogen and oxygen atoms in total. The van der Waals surface area contributed by atoms with Gasteiger partial charge in [-0.2, -0.15) is 0 Å². The number of likely N-dealkylation sites (tertiary alicyclic amines) is 1. The van der Waals surface area contributed by atoms with E-state index in [-0.39, 0.29) is 5.91 Å². The van der Waals surface area contributed by atoms with Gasteiger partial charge in [-0.15, -0.1) is 0 Å². The number of nitrogens with two attached hydrogens (primary N) is 1. The smallest absolute Gasteiger partial charge is 0.219 e. The number of aromatic nitrogens is 2. The van der Waals surface area contributed by atoms with Crippen molar-refractivity contribution >= 4 is 11.7 Å². The second kappa shape index (κ2) is 6.77. The van der Waals surface area contributed by atoms with Crippen LogP contribution in [0.15, 0.2) is 36.7 Å². The Morgan fingerprint density at radius 3 is 2.70 bits per heavy atom. The molecule has 1 aliphatic heterocycles. The first-order chi connectivity index (χ1) is 11.1. The van der Waals surface area contributed by atoms with E-state index in [0.717, 1.165) is 43.6 Å². The number of hydrogen-bond donors (Lipinski definition) is 1. The van der Waals surface area contributed by atoms with E-state index in [4.69, 9.17) is 5.73 Å². The molecule has 0 bridgehead atoms. The van der Waals surface area contributed by atoms with Crippen LogP contribution in [-0.2, 0) is 11.2 Å². The number of piperidine rings is 1. The van der Waals surface area contributed by atoms with Gasteiger partial charge in [0.25, 0.3) is 0 Å². The predicted molar refractivity (Wildman–Crippen MR) is 90.6 cm³/mol. The molecule has 5 heteroatoms. The molecule has 0 aromatic carbocycles. The lowest BCUT2D eigenvalue weighted by molar-refractivity contribution is -0.130. The maximum absolute atomic E-state index is 11.4. The molecule has 2 N–H and O–H groups in total. The van der Waals surface area contributed by atoms with Crippen molar-refractivity contribution in [1.82, 2.24) is 14.9 Å². The Hall–Kier alpha value is -2.43. The molecule has 0 aliphatic carbocycles. The number of amides is 1. The molecule has 2 aromatic heterocycles. The van der Waals surface area contributed by atoms with Crippen LogP contribution in [-0.4, -0.2) is 33.9 Å². The minimum Gasteiger partial charge on any atom is -0.384 e. The van der Waals surface area contributed by atoms with Crippen molar-refractivity contribution in [3.63, 3.8) is 0 Å². The third-order valence-corrected chi connectivity index (χ3v) is 4.49. The number of rotatable bonds is 3. The van der Waals surface area contributed by atoms with Gasteiger partial charge in [-0.1, -0.05) is 0 Å². The highest BCUT2D eigenvalue weighted by atomic mass is 16.2. The molecule has 3 heterocycles. The Morgan fingerprint density at radius 1 is 1.26 bits per heavy atom. The number of pyridine rings is 2. The van der Waals surface area contributed by atoms with E-state index in [2.05, 4.69) is 22.1 Å². The van der Waals surface area contributed by atoms with Crippen LogP contribution < -0.4 is 5.73 Å². The first-order valence-corrected chi connectivity index (χ1v) is 8.04. The standard InChI is InChI=1S/C18H22N4O/c1-13(23)22-8-5-14(6-9-22)10-15-4-7-20-17(11-15)16-2-3-18(19)21-12-16/h2-4,7,11-12,14H,5-6,8-10H2,1H3,(H2,19,21). The second-order valence-corrected chi connectivity index (χ2v) is 6.17. The summed E-state index contributed by atoms with van der Waals surface area (Å²) in [5.74, 6) is 1.33. The van der Waals surface area contributed by atoms with Gasteiger partial charge in [0, 0.05) is 38.0 Å². The molecule has 0 unspecified atom stereocenters. The van der Waals surface area contributed by atoms with Crippen molar-refractivity contribution in [3.8, 4) is 11.3 Å². The number of carbonyl (C=O) groups is 1. The van der Waals surface area contributed by atoms with Crippen LogP contribution in [0.4, 0.5) is 5.82 Å². The number of hydrogen-bond acceptors (Lipinski definition) is 4. The lowest BCUT2D eigenvalue weighted by atomic mass is 9.90. The molecule has 1 amide bonds. The minimum atomic E-state index is 0.186. The van der Waals surface area contributed by atoms with Crippen molar-refractivity contribution < 1.29 is 4.79 Å². The SMILES string of the molecule is CC(=O)N1CCC(Cc2ccnc(-c3ccc(N)nc3)c2)CC1. The van der Waals surface area contributed by atoms with E-state index in [1.807, 2.05) is 17.2 Å². The highest BCUT2D eigenvalue weighted by molar-refractivity contribution is 5.73. The lowest BCUT2D eigenvalue weighted by Crippen LogP contribution is -2.37. The highest BCUT2D eigenvalue weighted by Gasteiger charge is 2.20. The van der Waals surface area contributed by atoms with Crippen LogP contribution in [0.3, 0.4) is 0 Å². The normalized spacial score (nSPS) is 15.6. The molecule has 3 rings (SSSR count). The second-order valence-electron chi connectivity index (χ2n) is 6.17. The average Bonchev–Trinajstić information content (AvgIpc) is 2.56. The Labute approximate surface area is 136 Å². The highest BCUT2D eigenvalue weighted by Crippen LogP contribution is 2.24. The fourth-order valence-electron chi connectivity index (χ4n) is 3.10. The van der Waals surface area contributed by atoms with E-state index < -0.39 is 0 Å². The van der Waals surface area contributed by atoms with Crippen molar-refractivity contribution in [2.75, 3.05) is 18.8 Å². The maximum atomic E-state index is 11.4. The molecule has 23 heavy (non-hydrogen) atoms. The van der Waals surface area contributed by atoms with E-state index in [1.165, 1.54) is 5.56 Å². The molecule has 2 aromatic rings. The van der Waals surface area contributed by atoms with Gasteiger partial charge in [0.1, 0.15) is 5.82 Å².